The Bertz CT molecular complexity index is 730. The van der Waals surface area contributed by atoms with Crippen molar-refractivity contribution in [2.45, 2.75) is 44.4 Å². The summed E-state index contributed by atoms with van der Waals surface area (Å²) in [6.07, 6.45) is -0.551. The predicted octanol–water partition coefficient (Wildman–Crippen LogP) is 5.12. The number of nitrogens with zero attached hydrogens (tertiary/aromatic N) is 2. The van der Waals surface area contributed by atoms with E-state index in [9.17, 15) is 13.2 Å². The van der Waals surface area contributed by atoms with Gasteiger partial charge in [0, 0.05) is 23.7 Å². The Morgan fingerprint density at radius 1 is 1.12 bits per heavy atom. The number of anilines is 2. The van der Waals surface area contributed by atoms with Gasteiger partial charge in [-0.25, -0.2) is 4.98 Å². The Morgan fingerprint density at radius 3 is 2.56 bits per heavy atom. The van der Waals surface area contributed by atoms with Crippen molar-refractivity contribution in [3.05, 3.63) is 46.6 Å². The number of hydrogen-bond donors (Lipinski definition) is 2. The Kier molecular flexibility index (Phi) is 5.32. The minimum Gasteiger partial charge on any atom is -0.366 e. The summed E-state index contributed by atoms with van der Waals surface area (Å²) in [5.74, 6) is 0.137. The molecule has 0 unspecified atom stereocenters. The van der Waals surface area contributed by atoms with Crippen LogP contribution in [0.5, 0.6) is 0 Å². The van der Waals surface area contributed by atoms with Crippen molar-refractivity contribution in [1.29, 1.82) is 0 Å². The topological polar surface area (TPSA) is 49.8 Å². The molecule has 1 aliphatic carbocycles. The van der Waals surface area contributed by atoms with Gasteiger partial charge in [0.25, 0.3) is 0 Å². The molecule has 2 N–H and O–H groups in total. The summed E-state index contributed by atoms with van der Waals surface area (Å²) < 4.78 is 39.3. The second kappa shape index (κ2) is 7.47. The van der Waals surface area contributed by atoms with Crippen molar-refractivity contribution in [3.8, 4) is 0 Å². The van der Waals surface area contributed by atoms with Gasteiger partial charge in [-0.1, -0.05) is 36.6 Å². The van der Waals surface area contributed by atoms with Gasteiger partial charge in [-0.15, -0.1) is 0 Å². The smallest absolute Gasteiger partial charge is 0.366 e. The van der Waals surface area contributed by atoms with E-state index in [4.69, 9.17) is 11.6 Å². The number of nitrogens with one attached hydrogen (secondary N) is 2. The third-order valence-electron chi connectivity index (χ3n) is 4.07. The highest BCUT2D eigenvalue weighted by atomic mass is 35.5. The summed E-state index contributed by atoms with van der Waals surface area (Å²) >= 11 is 5.92. The molecule has 2 aromatic rings. The summed E-state index contributed by atoms with van der Waals surface area (Å²) in [6.45, 7) is 0.317. The van der Waals surface area contributed by atoms with Crippen LogP contribution in [0.25, 0.3) is 0 Å². The molecule has 3 rings (SSSR count). The van der Waals surface area contributed by atoms with E-state index in [1.165, 1.54) is 0 Å². The number of alkyl halides is 3. The Labute approximate surface area is 148 Å². The van der Waals surface area contributed by atoms with E-state index in [0.717, 1.165) is 37.3 Å². The summed E-state index contributed by atoms with van der Waals surface area (Å²) in [4.78, 5) is 7.81. The van der Waals surface area contributed by atoms with Crippen molar-refractivity contribution < 1.29 is 13.2 Å². The summed E-state index contributed by atoms with van der Waals surface area (Å²) in [5.41, 5.74) is -0.110. The zero-order valence-corrected chi connectivity index (χ0v) is 14.2. The fraction of sp³-hybridized carbons (Fsp3) is 0.412. The van der Waals surface area contributed by atoms with E-state index in [-0.39, 0.29) is 17.8 Å². The minimum atomic E-state index is -4.53. The van der Waals surface area contributed by atoms with Gasteiger partial charge < -0.3 is 10.6 Å². The van der Waals surface area contributed by atoms with Crippen LogP contribution in [0.1, 0.15) is 36.9 Å². The van der Waals surface area contributed by atoms with Gasteiger partial charge in [-0.05, 0) is 30.5 Å². The first kappa shape index (κ1) is 17.8. The Hall–Kier alpha value is -2.02. The monoisotopic (exact) mass is 370 g/mol. The van der Waals surface area contributed by atoms with Crippen molar-refractivity contribution >= 4 is 23.4 Å². The molecular weight excluding hydrogens is 353 g/mol. The molecule has 0 aliphatic heterocycles. The number of benzene rings is 1. The molecule has 0 bridgehead atoms. The molecule has 1 aromatic heterocycles. The van der Waals surface area contributed by atoms with Crippen LogP contribution in [0.3, 0.4) is 0 Å². The van der Waals surface area contributed by atoms with Crippen molar-refractivity contribution in [3.63, 3.8) is 0 Å². The van der Waals surface area contributed by atoms with Crippen LogP contribution in [-0.2, 0) is 12.7 Å². The molecule has 134 valence electrons. The fourth-order valence-corrected chi connectivity index (χ4v) is 3.05. The van der Waals surface area contributed by atoms with Crippen LogP contribution in [0.4, 0.5) is 24.9 Å². The molecule has 8 heteroatoms. The van der Waals surface area contributed by atoms with E-state index in [2.05, 4.69) is 20.6 Å². The highest BCUT2D eigenvalue weighted by Gasteiger charge is 2.34. The summed E-state index contributed by atoms with van der Waals surface area (Å²) in [6, 6.07) is 8.16. The van der Waals surface area contributed by atoms with Gasteiger partial charge in [0.1, 0.15) is 5.82 Å². The van der Waals surface area contributed by atoms with Gasteiger partial charge in [-0.3, -0.25) is 0 Å². The lowest BCUT2D eigenvalue weighted by molar-refractivity contribution is -0.141. The standard InChI is InChI=1S/C17H18ClF3N4/c18-12-5-3-4-11(8-12)10-22-15-9-14(17(19,20)21)24-16(25-15)23-13-6-1-2-7-13/h3-5,8-9,13H,1-2,6-7,10H2,(H2,22,23,24,25). The summed E-state index contributed by atoms with van der Waals surface area (Å²) in [5, 5.41) is 6.50. The molecule has 1 saturated carbocycles. The zero-order chi connectivity index (χ0) is 17.9. The van der Waals surface area contributed by atoms with E-state index < -0.39 is 11.9 Å². The highest BCUT2D eigenvalue weighted by Crippen LogP contribution is 2.30. The average molecular weight is 371 g/mol. The molecular formula is C17H18ClF3N4. The van der Waals surface area contributed by atoms with Crippen molar-refractivity contribution in [2.24, 2.45) is 0 Å². The van der Waals surface area contributed by atoms with Crippen LogP contribution < -0.4 is 10.6 Å². The fourth-order valence-electron chi connectivity index (χ4n) is 2.84. The highest BCUT2D eigenvalue weighted by molar-refractivity contribution is 6.30. The molecule has 0 radical (unpaired) electrons. The Morgan fingerprint density at radius 2 is 1.88 bits per heavy atom. The largest absolute Gasteiger partial charge is 0.433 e. The number of hydrogen-bond acceptors (Lipinski definition) is 4. The van der Waals surface area contributed by atoms with Crippen LogP contribution in [0.2, 0.25) is 5.02 Å². The zero-order valence-electron chi connectivity index (χ0n) is 13.4. The van der Waals surface area contributed by atoms with Gasteiger partial charge in [0.15, 0.2) is 5.69 Å². The molecule has 1 fully saturated rings. The molecule has 25 heavy (non-hydrogen) atoms. The molecule has 0 amide bonds. The maximum Gasteiger partial charge on any atom is 0.433 e. The van der Waals surface area contributed by atoms with Gasteiger partial charge in [0.2, 0.25) is 5.95 Å². The van der Waals surface area contributed by atoms with Crippen LogP contribution in [0, 0.1) is 0 Å². The molecule has 4 nitrogen and oxygen atoms in total. The first-order chi connectivity index (χ1) is 11.9. The second-order valence-electron chi connectivity index (χ2n) is 6.07. The first-order valence-electron chi connectivity index (χ1n) is 8.11. The number of halogens is 4. The number of aromatic nitrogens is 2. The molecule has 0 atom stereocenters. The normalized spacial score (nSPS) is 15.4. The van der Waals surface area contributed by atoms with E-state index in [1.54, 1.807) is 18.2 Å². The molecule has 0 saturated heterocycles. The predicted molar refractivity (Wildman–Crippen MR) is 91.7 cm³/mol. The van der Waals surface area contributed by atoms with Gasteiger partial charge >= 0.3 is 6.18 Å². The van der Waals surface area contributed by atoms with E-state index in [1.807, 2.05) is 6.07 Å². The minimum absolute atomic E-state index is 0.00955. The molecule has 0 spiro atoms. The molecule has 1 heterocycles. The quantitative estimate of drug-likeness (QED) is 0.767. The van der Waals surface area contributed by atoms with E-state index >= 15 is 0 Å². The first-order valence-corrected chi connectivity index (χ1v) is 8.49. The van der Waals surface area contributed by atoms with Gasteiger partial charge in [-0.2, -0.15) is 18.2 Å². The lowest BCUT2D eigenvalue weighted by Crippen LogP contribution is -2.19. The number of rotatable bonds is 5. The molecule has 1 aliphatic rings. The SMILES string of the molecule is FC(F)(F)c1cc(NCc2cccc(Cl)c2)nc(NC2CCCC2)n1. The van der Waals surface area contributed by atoms with E-state index in [0.29, 0.717) is 11.6 Å². The van der Waals surface area contributed by atoms with Crippen LogP contribution in [-0.4, -0.2) is 16.0 Å². The van der Waals surface area contributed by atoms with Gasteiger partial charge in [0.05, 0.1) is 0 Å². The Balaban J connectivity index is 1.78. The van der Waals surface area contributed by atoms with Crippen molar-refractivity contribution in [2.75, 3.05) is 10.6 Å². The maximum absolute atomic E-state index is 13.1. The lowest BCUT2D eigenvalue weighted by Gasteiger charge is -2.15. The van der Waals surface area contributed by atoms with Crippen LogP contribution in [0.15, 0.2) is 30.3 Å². The molecule has 1 aromatic carbocycles. The maximum atomic E-state index is 13.1. The lowest BCUT2D eigenvalue weighted by atomic mass is 10.2. The second-order valence-corrected chi connectivity index (χ2v) is 6.51. The summed E-state index contributed by atoms with van der Waals surface area (Å²) in [7, 11) is 0. The third-order valence-corrected chi connectivity index (χ3v) is 4.30. The third kappa shape index (κ3) is 4.98. The average Bonchev–Trinajstić information content (AvgIpc) is 3.05. The van der Waals surface area contributed by atoms with Crippen molar-refractivity contribution in [1.82, 2.24) is 9.97 Å². The van der Waals surface area contributed by atoms with Crippen LogP contribution >= 0.6 is 11.6 Å².